The molecule has 27 heavy (non-hydrogen) atoms. The number of aromatic nitrogens is 2. The number of hydrogen-bond acceptors (Lipinski definition) is 3. The zero-order chi connectivity index (χ0) is 19.2. The second-order valence-corrected chi connectivity index (χ2v) is 7.89. The van der Waals surface area contributed by atoms with Gasteiger partial charge in [0.05, 0.1) is 12.0 Å². The largest absolute Gasteiger partial charge is 0.333 e. The number of nitrogens with zero attached hydrogens (tertiary/aromatic N) is 4. The van der Waals surface area contributed by atoms with Crippen LogP contribution in [0.15, 0.2) is 42.9 Å². The molecule has 0 aliphatic carbocycles. The van der Waals surface area contributed by atoms with Crippen molar-refractivity contribution in [3.8, 4) is 0 Å². The van der Waals surface area contributed by atoms with Gasteiger partial charge in [-0.05, 0) is 30.9 Å². The number of imidazole rings is 1. The predicted molar refractivity (Wildman–Crippen MR) is 110 cm³/mol. The van der Waals surface area contributed by atoms with Gasteiger partial charge in [0, 0.05) is 50.5 Å². The van der Waals surface area contributed by atoms with E-state index in [0.717, 1.165) is 44.7 Å². The summed E-state index contributed by atoms with van der Waals surface area (Å²) in [7, 11) is 0. The van der Waals surface area contributed by atoms with Crippen LogP contribution in [0.1, 0.15) is 45.7 Å². The molecule has 1 aliphatic heterocycles. The summed E-state index contributed by atoms with van der Waals surface area (Å²) in [5.41, 5.74) is 2.31. The van der Waals surface area contributed by atoms with Gasteiger partial charge < -0.3 is 9.47 Å². The van der Waals surface area contributed by atoms with Gasteiger partial charge in [0.25, 0.3) is 0 Å². The van der Waals surface area contributed by atoms with Crippen LogP contribution in [0.3, 0.4) is 0 Å². The molecule has 0 radical (unpaired) electrons. The molecule has 1 aliphatic rings. The number of para-hydroxylation sites is 1. The number of rotatable bonds is 7. The summed E-state index contributed by atoms with van der Waals surface area (Å²) in [6.07, 6.45) is 6.51. The summed E-state index contributed by atoms with van der Waals surface area (Å²) in [6, 6.07) is 10.4. The number of anilines is 1. The first-order chi connectivity index (χ1) is 13.1. The Morgan fingerprint density at radius 3 is 2.56 bits per heavy atom. The van der Waals surface area contributed by atoms with E-state index in [1.54, 1.807) is 0 Å². The highest BCUT2D eigenvalue weighted by Crippen LogP contribution is 2.25. The van der Waals surface area contributed by atoms with Gasteiger partial charge in [-0.1, -0.05) is 39.0 Å². The smallest absolute Gasteiger partial charge is 0.226 e. The van der Waals surface area contributed by atoms with Crippen molar-refractivity contribution in [3.63, 3.8) is 0 Å². The quantitative estimate of drug-likeness (QED) is 0.743. The minimum atomic E-state index is 0.217. The zero-order valence-corrected chi connectivity index (χ0v) is 16.8. The average Bonchev–Trinajstić information content (AvgIpc) is 3.10. The van der Waals surface area contributed by atoms with E-state index in [-0.39, 0.29) is 11.9 Å². The zero-order valence-electron chi connectivity index (χ0n) is 16.8. The van der Waals surface area contributed by atoms with Crippen molar-refractivity contribution in [3.05, 3.63) is 48.5 Å². The molecule has 1 amide bonds. The first kappa shape index (κ1) is 19.6. The molecule has 5 nitrogen and oxygen atoms in total. The van der Waals surface area contributed by atoms with Gasteiger partial charge in [-0.3, -0.25) is 9.69 Å². The van der Waals surface area contributed by atoms with Crippen LogP contribution in [0.5, 0.6) is 0 Å². The summed E-state index contributed by atoms with van der Waals surface area (Å²) in [4.78, 5) is 21.5. The first-order valence-electron chi connectivity index (χ1n) is 10.2. The molecular weight excluding hydrogens is 336 g/mol. The summed E-state index contributed by atoms with van der Waals surface area (Å²) in [5, 5.41) is 0. The molecule has 1 saturated heterocycles. The van der Waals surface area contributed by atoms with E-state index in [0.29, 0.717) is 12.3 Å². The number of hydrogen-bond donors (Lipinski definition) is 0. The summed E-state index contributed by atoms with van der Waals surface area (Å²) < 4.78 is 2.27. The third-order valence-electron chi connectivity index (χ3n) is 5.27. The lowest BCUT2D eigenvalue weighted by Crippen LogP contribution is -2.47. The number of amides is 1. The summed E-state index contributed by atoms with van der Waals surface area (Å²) >= 11 is 0. The maximum absolute atomic E-state index is 12.6. The lowest BCUT2D eigenvalue weighted by molar-refractivity contribution is -0.119. The highest BCUT2D eigenvalue weighted by atomic mass is 16.2. The van der Waals surface area contributed by atoms with E-state index < -0.39 is 0 Å². The molecule has 0 atom stereocenters. The Balaban J connectivity index is 1.62. The lowest BCUT2D eigenvalue weighted by atomic mass is 10.0. The van der Waals surface area contributed by atoms with Crippen molar-refractivity contribution in [1.82, 2.24) is 14.5 Å². The molecule has 2 heterocycles. The average molecular weight is 369 g/mol. The molecule has 0 spiro atoms. The van der Waals surface area contributed by atoms with Crippen molar-refractivity contribution in [1.29, 1.82) is 0 Å². The lowest BCUT2D eigenvalue weighted by Gasteiger charge is -2.38. The predicted octanol–water partition coefficient (Wildman–Crippen LogP) is 3.95. The topological polar surface area (TPSA) is 41.4 Å². The van der Waals surface area contributed by atoms with E-state index in [4.69, 9.17) is 0 Å². The van der Waals surface area contributed by atoms with E-state index in [1.807, 2.05) is 54.7 Å². The maximum Gasteiger partial charge on any atom is 0.226 e. The van der Waals surface area contributed by atoms with Crippen molar-refractivity contribution < 1.29 is 4.79 Å². The SMILES string of the molecule is CCC(=O)N(c1ccccc1)C1CCN(Cc2cncn2CC(C)C)CC1. The standard InChI is InChI=1S/C22H32N4O/c1-4-22(27)26(19-8-6-5-7-9-19)20-10-12-24(13-11-20)16-21-14-23-17-25(21)15-18(2)3/h5-9,14,17-18,20H,4,10-13,15-16H2,1-3H3. The third kappa shape index (κ3) is 4.98. The number of likely N-dealkylation sites (tertiary alicyclic amines) is 1. The molecule has 146 valence electrons. The van der Waals surface area contributed by atoms with Gasteiger partial charge in [0.1, 0.15) is 0 Å². The summed E-state index contributed by atoms with van der Waals surface area (Å²) in [5.74, 6) is 0.831. The van der Waals surface area contributed by atoms with Gasteiger partial charge in [-0.2, -0.15) is 0 Å². The minimum absolute atomic E-state index is 0.217. The van der Waals surface area contributed by atoms with Gasteiger partial charge >= 0.3 is 0 Å². The minimum Gasteiger partial charge on any atom is -0.333 e. The van der Waals surface area contributed by atoms with Gasteiger partial charge in [-0.15, -0.1) is 0 Å². The second-order valence-electron chi connectivity index (χ2n) is 7.89. The normalized spacial score (nSPS) is 16.0. The molecule has 0 N–H and O–H groups in total. The fourth-order valence-electron chi connectivity index (χ4n) is 3.92. The molecule has 2 aromatic rings. The fourth-order valence-corrected chi connectivity index (χ4v) is 3.92. The van der Waals surface area contributed by atoms with Gasteiger partial charge in [0.15, 0.2) is 0 Å². The Morgan fingerprint density at radius 1 is 1.22 bits per heavy atom. The molecule has 1 aromatic heterocycles. The van der Waals surface area contributed by atoms with Crippen LogP contribution in [-0.2, 0) is 17.9 Å². The first-order valence-corrected chi connectivity index (χ1v) is 10.2. The molecular formula is C22H32N4O. The van der Waals surface area contributed by atoms with Crippen LogP contribution in [0.4, 0.5) is 5.69 Å². The number of benzene rings is 1. The van der Waals surface area contributed by atoms with Crippen molar-refractivity contribution in [2.24, 2.45) is 5.92 Å². The Bertz CT molecular complexity index is 717. The van der Waals surface area contributed by atoms with Crippen molar-refractivity contribution in [2.75, 3.05) is 18.0 Å². The molecule has 3 rings (SSSR count). The highest BCUT2D eigenvalue weighted by Gasteiger charge is 2.28. The van der Waals surface area contributed by atoms with Crippen LogP contribution in [0.2, 0.25) is 0 Å². The number of piperidine rings is 1. The maximum atomic E-state index is 12.6. The Hall–Kier alpha value is -2.14. The van der Waals surface area contributed by atoms with Gasteiger partial charge in [-0.25, -0.2) is 4.98 Å². The Kier molecular flexibility index (Phi) is 6.67. The van der Waals surface area contributed by atoms with E-state index in [2.05, 4.69) is 28.3 Å². The van der Waals surface area contributed by atoms with Crippen LogP contribution in [0.25, 0.3) is 0 Å². The van der Waals surface area contributed by atoms with Crippen molar-refractivity contribution >= 4 is 11.6 Å². The summed E-state index contributed by atoms with van der Waals surface area (Å²) in [6.45, 7) is 10.4. The second kappa shape index (κ2) is 9.18. The molecule has 0 saturated carbocycles. The van der Waals surface area contributed by atoms with Crippen LogP contribution < -0.4 is 4.90 Å². The Morgan fingerprint density at radius 2 is 1.93 bits per heavy atom. The van der Waals surface area contributed by atoms with Crippen LogP contribution in [-0.4, -0.2) is 39.5 Å². The molecule has 0 bridgehead atoms. The number of carbonyl (C=O) groups excluding carboxylic acids is 1. The number of carbonyl (C=O) groups is 1. The van der Waals surface area contributed by atoms with E-state index in [1.165, 1.54) is 5.69 Å². The van der Waals surface area contributed by atoms with Crippen molar-refractivity contribution in [2.45, 2.75) is 59.2 Å². The van der Waals surface area contributed by atoms with Crippen LogP contribution >= 0.6 is 0 Å². The van der Waals surface area contributed by atoms with Crippen LogP contribution in [0, 0.1) is 5.92 Å². The Labute approximate surface area is 163 Å². The van der Waals surface area contributed by atoms with Gasteiger partial charge in [0.2, 0.25) is 5.91 Å². The molecule has 1 aromatic carbocycles. The monoisotopic (exact) mass is 368 g/mol. The fraction of sp³-hybridized carbons (Fsp3) is 0.545. The third-order valence-corrected chi connectivity index (χ3v) is 5.27. The molecule has 5 heteroatoms. The molecule has 1 fully saturated rings. The van der Waals surface area contributed by atoms with E-state index >= 15 is 0 Å². The van der Waals surface area contributed by atoms with E-state index in [9.17, 15) is 4.79 Å². The highest BCUT2D eigenvalue weighted by molar-refractivity contribution is 5.93. The molecule has 0 unspecified atom stereocenters.